The molecule has 31 heavy (non-hydrogen) atoms. The Hall–Kier alpha value is -3.39. The molecule has 3 aromatic rings. The molecule has 0 saturated carbocycles. The Kier molecular flexibility index (Phi) is 5.65. The zero-order valence-corrected chi connectivity index (χ0v) is 17.8. The second-order valence-electron chi connectivity index (χ2n) is 7.52. The van der Waals surface area contributed by atoms with Gasteiger partial charge < -0.3 is 5.32 Å². The van der Waals surface area contributed by atoms with Gasteiger partial charge in [-0.3, -0.25) is 23.7 Å². The van der Waals surface area contributed by atoms with Crippen molar-refractivity contribution in [2.45, 2.75) is 38.6 Å². The van der Waals surface area contributed by atoms with Crippen molar-refractivity contribution in [3.8, 4) is 0 Å². The van der Waals surface area contributed by atoms with Crippen molar-refractivity contribution in [1.29, 1.82) is 0 Å². The zero-order valence-electron chi connectivity index (χ0n) is 17.0. The van der Waals surface area contributed by atoms with Crippen LogP contribution in [0.2, 0.25) is 0 Å². The van der Waals surface area contributed by atoms with E-state index in [9.17, 15) is 19.2 Å². The Labute approximate surface area is 182 Å². The zero-order chi connectivity index (χ0) is 22.1. The normalized spacial score (nSPS) is 16.4. The summed E-state index contributed by atoms with van der Waals surface area (Å²) < 4.78 is 1.44. The van der Waals surface area contributed by atoms with Crippen molar-refractivity contribution in [2.75, 3.05) is 0 Å². The number of hydrogen-bond donors (Lipinski definition) is 1. The number of aryl methyl sites for hydroxylation is 2. The van der Waals surface area contributed by atoms with E-state index in [1.54, 1.807) is 42.6 Å². The molecule has 1 N–H and O–H groups in total. The average Bonchev–Trinajstić information content (AvgIpc) is 3.16. The number of carbonyl (C=O) groups excluding carboxylic acids is 3. The Balaban J connectivity index is 1.58. The number of rotatable bonds is 6. The number of carbonyl (C=O) groups is 3. The third-order valence-electron chi connectivity index (χ3n) is 5.41. The van der Waals surface area contributed by atoms with Gasteiger partial charge in [-0.15, -0.1) is 11.3 Å². The minimum Gasteiger partial charge on any atom is -0.329 e. The summed E-state index contributed by atoms with van der Waals surface area (Å²) in [5.41, 5.74) is 1.27. The maximum Gasteiger partial charge on any atom is 0.262 e. The first-order valence-corrected chi connectivity index (χ1v) is 10.8. The molecule has 1 atom stereocenters. The molecule has 1 amide bonds. The lowest BCUT2D eigenvalue weighted by Crippen LogP contribution is -2.41. The minimum absolute atomic E-state index is 0.0420. The van der Waals surface area contributed by atoms with E-state index >= 15 is 0 Å². The molecule has 1 fully saturated rings. The number of benzene rings is 1. The minimum atomic E-state index is -0.622. The van der Waals surface area contributed by atoms with Crippen LogP contribution in [0.4, 0.5) is 0 Å². The highest BCUT2D eigenvalue weighted by atomic mass is 32.1. The molecular weight excluding hydrogens is 414 g/mol. The van der Waals surface area contributed by atoms with E-state index < -0.39 is 17.6 Å². The number of thiophene rings is 1. The lowest BCUT2D eigenvalue weighted by atomic mass is 10.0. The highest BCUT2D eigenvalue weighted by Crippen LogP contribution is 2.27. The number of nitrogens with one attached hydrogen (secondary N) is 1. The smallest absolute Gasteiger partial charge is 0.262 e. The fourth-order valence-corrected chi connectivity index (χ4v) is 4.76. The van der Waals surface area contributed by atoms with E-state index in [1.807, 2.05) is 0 Å². The fraction of sp³-hybridized carbons (Fsp3) is 0.261. The van der Waals surface area contributed by atoms with Gasteiger partial charge in [-0.1, -0.05) is 36.9 Å². The molecule has 1 aliphatic rings. The monoisotopic (exact) mass is 435 g/mol. The quantitative estimate of drug-likeness (QED) is 0.474. The number of amides is 1. The molecule has 3 heterocycles. The van der Waals surface area contributed by atoms with E-state index in [-0.39, 0.29) is 17.9 Å². The predicted molar refractivity (Wildman–Crippen MR) is 118 cm³/mol. The Bertz CT molecular complexity index is 1270. The van der Waals surface area contributed by atoms with Crippen LogP contribution in [-0.2, 0) is 16.0 Å². The van der Waals surface area contributed by atoms with Gasteiger partial charge >= 0.3 is 0 Å². The fourth-order valence-electron chi connectivity index (χ4n) is 3.80. The highest BCUT2D eigenvalue weighted by molar-refractivity contribution is 7.11. The van der Waals surface area contributed by atoms with Crippen molar-refractivity contribution in [3.63, 3.8) is 0 Å². The van der Waals surface area contributed by atoms with Crippen LogP contribution in [0, 0.1) is 6.92 Å². The second kappa shape index (κ2) is 8.39. The Morgan fingerprint density at radius 1 is 1.26 bits per heavy atom. The van der Waals surface area contributed by atoms with Gasteiger partial charge in [-0.2, -0.15) is 0 Å². The molecule has 2 aromatic heterocycles. The van der Waals surface area contributed by atoms with E-state index in [0.29, 0.717) is 47.3 Å². The van der Waals surface area contributed by atoms with Gasteiger partial charge in [0.25, 0.3) is 5.56 Å². The first-order chi connectivity index (χ1) is 14.9. The summed E-state index contributed by atoms with van der Waals surface area (Å²) in [6, 6.07) is 7.83. The van der Waals surface area contributed by atoms with Crippen molar-refractivity contribution in [3.05, 3.63) is 74.6 Å². The van der Waals surface area contributed by atoms with Gasteiger partial charge in [0.15, 0.2) is 0 Å². The Morgan fingerprint density at radius 3 is 2.71 bits per heavy atom. The first-order valence-electron chi connectivity index (χ1n) is 9.97. The lowest BCUT2D eigenvalue weighted by molar-refractivity contribution is -0.125. The number of ketones is 2. The predicted octanol–water partition coefficient (Wildman–Crippen LogP) is 3.12. The summed E-state index contributed by atoms with van der Waals surface area (Å²) in [6.45, 7) is 5.47. The van der Waals surface area contributed by atoms with Gasteiger partial charge in [0, 0.05) is 27.9 Å². The first kappa shape index (κ1) is 20.9. The summed E-state index contributed by atoms with van der Waals surface area (Å²) in [6.07, 6.45) is 1.46. The van der Waals surface area contributed by atoms with Crippen LogP contribution < -0.4 is 10.9 Å². The van der Waals surface area contributed by atoms with Crippen LogP contribution in [0.3, 0.4) is 0 Å². The average molecular weight is 436 g/mol. The van der Waals surface area contributed by atoms with Gasteiger partial charge in [-0.05, 0) is 26.2 Å². The van der Waals surface area contributed by atoms with Crippen LogP contribution in [-0.4, -0.2) is 27.0 Å². The Morgan fingerprint density at radius 2 is 2.00 bits per heavy atom. The SMILES string of the molecule is C=C1CCC(n2c(C)nc3c(CCC(=O)C(=O)c4ccccc4)scc3c2=O)C(=O)N1. The molecule has 4 rings (SSSR count). The van der Waals surface area contributed by atoms with Crippen molar-refractivity contribution < 1.29 is 14.4 Å². The third-order valence-corrected chi connectivity index (χ3v) is 6.45. The summed E-state index contributed by atoms with van der Waals surface area (Å²) in [5, 5.41) is 4.83. The number of Topliss-reactive ketones (excluding diaryl/α,β-unsaturated/α-hetero) is 2. The van der Waals surface area contributed by atoms with Gasteiger partial charge in [0.05, 0.1) is 10.9 Å². The molecule has 1 saturated heterocycles. The van der Waals surface area contributed by atoms with E-state index in [4.69, 9.17) is 0 Å². The molecule has 1 aliphatic heterocycles. The molecule has 8 heteroatoms. The summed E-state index contributed by atoms with van der Waals surface area (Å²) in [4.78, 5) is 55.5. The molecule has 0 radical (unpaired) electrons. The van der Waals surface area contributed by atoms with Crippen LogP contribution in [0.5, 0.6) is 0 Å². The molecule has 0 bridgehead atoms. The maximum absolute atomic E-state index is 13.1. The van der Waals surface area contributed by atoms with Crippen LogP contribution in [0.25, 0.3) is 10.9 Å². The van der Waals surface area contributed by atoms with E-state index in [2.05, 4.69) is 16.9 Å². The van der Waals surface area contributed by atoms with E-state index in [1.165, 1.54) is 15.9 Å². The third kappa shape index (κ3) is 3.98. The van der Waals surface area contributed by atoms with Crippen molar-refractivity contribution in [1.82, 2.24) is 14.9 Å². The van der Waals surface area contributed by atoms with Gasteiger partial charge in [0.2, 0.25) is 17.5 Å². The van der Waals surface area contributed by atoms with Crippen LogP contribution in [0.1, 0.15) is 46.4 Å². The number of allylic oxidation sites excluding steroid dienone is 1. The number of aromatic nitrogens is 2. The van der Waals surface area contributed by atoms with E-state index in [0.717, 1.165) is 4.88 Å². The standard InChI is InChI=1S/C23H21N3O4S/c1-13-8-9-17(22(29)24-13)26-14(2)25-20-16(23(26)30)12-31-19(20)11-10-18(27)21(28)15-6-4-3-5-7-15/h3-7,12,17H,1,8-11H2,2H3,(H,24,29). The lowest BCUT2D eigenvalue weighted by Gasteiger charge is -2.26. The molecule has 0 spiro atoms. The van der Waals surface area contributed by atoms with Gasteiger partial charge in [0.1, 0.15) is 11.9 Å². The largest absolute Gasteiger partial charge is 0.329 e. The molecule has 0 aliphatic carbocycles. The topological polar surface area (TPSA) is 98.1 Å². The molecule has 7 nitrogen and oxygen atoms in total. The number of nitrogens with zero attached hydrogens (tertiary/aromatic N) is 2. The van der Waals surface area contributed by atoms with Crippen molar-refractivity contribution >= 4 is 39.7 Å². The van der Waals surface area contributed by atoms with Crippen molar-refractivity contribution in [2.24, 2.45) is 0 Å². The highest BCUT2D eigenvalue weighted by Gasteiger charge is 2.29. The maximum atomic E-state index is 13.1. The number of hydrogen-bond acceptors (Lipinski definition) is 6. The molecular formula is C23H21N3O4S. The second-order valence-corrected chi connectivity index (χ2v) is 8.49. The summed E-state index contributed by atoms with van der Waals surface area (Å²) >= 11 is 1.34. The number of fused-ring (bicyclic) bond motifs is 1. The molecule has 158 valence electrons. The number of piperidine rings is 1. The summed E-state index contributed by atoms with van der Waals surface area (Å²) in [5.74, 6) is -0.811. The van der Waals surface area contributed by atoms with Gasteiger partial charge in [-0.25, -0.2) is 4.98 Å². The van der Waals surface area contributed by atoms with Crippen LogP contribution in [0.15, 0.2) is 52.8 Å². The summed E-state index contributed by atoms with van der Waals surface area (Å²) in [7, 11) is 0. The molecule has 1 aromatic carbocycles. The van der Waals surface area contributed by atoms with Crippen LogP contribution >= 0.6 is 11.3 Å². The molecule has 1 unspecified atom stereocenters.